The van der Waals surface area contributed by atoms with Crippen molar-refractivity contribution in [1.82, 2.24) is 4.90 Å². The zero-order valence-corrected chi connectivity index (χ0v) is 11.4. The summed E-state index contributed by atoms with van der Waals surface area (Å²) in [6.45, 7) is 1.34. The molecule has 7 heteroatoms. The standard InChI is InChI=1S/C13H20FN3O3/c1-20-7-5-17(4-6-18)9-13(19)16-12-8-10(14)2-3-11(12)15/h2-3,8,18H,4-7,9,15H2,1H3,(H,16,19). The van der Waals surface area contributed by atoms with Crippen LogP contribution >= 0.6 is 0 Å². The third-order valence-electron chi connectivity index (χ3n) is 2.68. The molecule has 0 fully saturated rings. The predicted octanol–water partition coefficient (Wildman–Crippen LogP) is 0.287. The van der Waals surface area contributed by atoms with Crippen LogP contribution in [0.5, 0.6) is 0 Å². The van der Waals surface area contributed by atoms with E-state index < -0.39 is 5.82 Å². The van der Waals surface area contributed by atoms with Crippen LogP contribution in [0.15, 0.2) is 18.2 Å². The van der Waals surface area contributed by atoms with Crippen molar-refractivity contribution in [3.63, 3.8) is 0 Å². The van der Waals surface area contributed by atoms with Gasteiger partial charge in [0.15, 0.2) is 0 Å². The minimum atomic E-state index is -0.471. The molecule has 1 aromatic carbocycles. The maximum absolute atomic E-state index is 13.1. The summed E-state index contributed by atoms with van der Waals surface area (Å²) in [5, 5.41) is 11.5. The molecule has 6 nitrogen and oxygen atoms in total. The molecule has 4 N–H and O–H groups in total. The lowest BCUT2D eigenvalue weighted by Gasteiger charge is -2.20. The number of amides is 1. The van der Waals surface area contributed by atoms with E-state index in [1.54, 1.807) is 12.0 Å². The number of hydrogen-bond acceptors (Lipinski definition) is 5. The number of nitrogen functional groups attached to an aromatic ring is 1. The number of nitrogens with two attached hydrogens (primary N) is 1. The molecule has 0 saturated heterocycles. The smallest absolute Gasteiger partial charge is 0.238 e. The van der Waals surface area contributed by atoms with E-state index in [4.69, 9.17) is 15.6 Å². The number of aliphatic hydroxyl groups excluding tert-OH is 1. The Morgan fingerprint density at radius 2 is 2.25 bits per heavy atom. The van der Waals surface area contributed by atoms with Crippen molar-refractivity contribution in [2.75, 3.05) is 51.0 Å². The number of carbonyl (C=O) groups is 1. The largest absolute Gasteiger partial charge is 0.397 e. The first kappa shape index (κ1) is 16.4. The van der Waals surface area contributed by atoms with Gasteiger partial charge < -0.3 is 20.9 Å². The van der Waals surface area contributed by atoms with Crippen molar-refractivity contribution in [3.8, 4) is 0 Å². The SMILES string of the molecule is COCCN(CCO)CC(=O)Nc1cc(F)ccc1N. The van der Waals surface area contributed by atoms with Crippen LogP contribution < -0.4 is 11.1 Å². The molecule has 0 aromatic heterocycles. The average molecular weight is 285 g/mol. The van der Waals surface area contributed by atoms with Crippen LogP contribution in [-0.2, 0) is 9.53 Å². The first-order chi connectivity index (χ1) is 9.56. The summed E-state index contributed by atoms with van der Waals surface area (Å²) in [4.78, 5) is 13.6. The fourth-order valence-corrected chi connectivity index (χ4v) is 1.66. The molecule has 0 saturated carbocycles. The minimum Gasteiger partial charge on any atom is -0.397 e. The monoisotopic (exact) mass is 285 g/mol. The van der Waals surface area contributed by atoms with Crippen molar-refractivity contribution >= 4 is 17.3 Å². The van der Waals surface area contributed by atoms with Crippen LogP contribution in [0.25, 0.3) is 0 Å². The zero-order valence-electron chi connectivity index (χ0n) is 11.4. The summed E-state index contributed by atoms with van der Waals surface area (Å²) < 4.78 is 18.0. The number of rotatable bonds is 8. The van der Waals surface area contributed by atoms with Crippen molar-refractivity contribution in [2.24, 2.45) is 0 Å². The van der Waals surface area contributed by atoms with Gasteiger partial charge in [0.1, 0.15) is 5.82 Å². The second kappa shape index (κ2) is 8.47. The molecule has 0 aliphatic carbocycles. The van der Waals surface area contributed by atoms with Gasteiger partial charge in [-0.25, -0.2) is 4.39 Å². The van der Waals surface area contributed by atoms with E-state index in [0.29, 0.717) is 25.4 Å². The Bertz CT molecular complexity index is 443. The van der Waals surface area contributed by atoms with Gasteiger partial charge in [-0.3, -0.25) is 9.69 Å². The number of halogens is 1. The van der Waals surface area contributed by atoms with Gasteiger partial charge in [0, 0.05) is 20.2 Å². The van der Waals surface area contributed by atoms with Crippen LogP contribution in [0.2, 0.25) is 0 Å². The van der Waals surface area contributed by atoms with Gasteiger partial charge in [-0.1, -0.05) is 0 Å². The lowest BCUT2D eigenvalue weighted by molar-refractivity contribution is -0.117. The highest BCUT2D eigenvalue weighted by molar-refractivity contribution is 5.95. The normalized spacial score (nSPS) is 10.8. The van der Waals surface area contributed by atoms with E-state index in [1.165, 1.54) is 18.2 Å². The van der Waals surface area contributed by atoms with Gasteiger partial charge >= 0.3 is 0 Å². The zero-order chi connectivity index (χ0) is 15.0. The molecule has 0 heterocycles. The van der Waals surface area contributed by atoms with Crippen LogP contribution in [-0.4, -0.2) is 55.9 Å². The molecule has 20 heavy (non-hydrogen) atoms. The van der Waals surface area contributed by atoms with Gasteiger partial charge in [-0.05, 0) is 18.2 Å². The molecule has 0 bridgehead atoms. The number of carbonyl (C=O) groups excluding carboxylic acids is 1. The quantitative estimate of drug-likeness (QED) is 0.597. The Balaban J connectivity index is 2.58. The average Bonchev–Trinajstić information content (AvgIpc) is 2.40. The topological polar surface area (TPSA) is 87.8 Å². The van der Waals surface area contributed by atoms with Crippen molar-refractivity contribution in [1.29, 1.82) is 0 Å². The Hall–Kier alpha value is -1.70. The van der Waals surface area contributed by atoms with Crippen LogP contribution in [0.4, 0.5) is 15.8 Å². The maximum atomic E-state index is 13.1. The minimum absolute atomic E-state index is 0.0565. The van der Waals surface area contributed by atoms with Crippen LogP contribution in [0.1, 0.15) is 0 Å². The molecule has 0 unspecified atom stereocenters. The Morgan fingerprint density at radius 3 is 2.90 bits per heavy atom. The van der Waals surface area contributed by atoms with E-state index in [0.717, 1.165) is 0 Å². The van der Waals surface area contributed by atoms with Gasteiger partial charge in [0.2, 0.25) is 5.91 Å². The Labute approximate surface area is 117 Å². The number of benzene rings is 1. The Morgan fingerprint density at radius 1 is 1.50 bits per heavy atom. The van der Waals surface area contributed by atoms with E-state index in [2.05, 4.69) is 5.32 Å². The van der Waals surface area contributed by atoms with Gasteiger partial charge in [0.25, 0.3) is 0 Å². The number of aliphatic hydroxyl groups is 1. The summed E-state index contributed by atoms with van der Waals surface area (Å²) in [7, 11) is 1.56. The van der Waals surface area contributed by atoms with Crippen molar-refractivity contribution < 1.29 is 19.0 Å². The third-order valence-corrected chi connectivity index (χ3v) is 2.68. The molecule has 112 valence electrons. The lowest BCUT2D eigenvalue weighted by Crippen LogP contribution is -2.37. The molecule has 0 aliphatic heterocycles. The molecule has 1 aromatic rings. The molecular formula is C13H20FN3O3. The molecule has 0 spiro atoms. The van der Waals surface area contributed by atoms with Crippen molar-refractivity contribution in [2.45, 2.75) is 0 Å². The number of methoxy groups -OCH3 is 1. The van der Waals surface area contributed by atoms with E-state index in [9.17, 15) is 9.18 Å². The molecule has 0 radical (unpaired) electrons. The first-order valence-corrected chi connectivity index (χ1v) is 6.24. The molecule has 1 rings (SSSR count). The second-order valence-electron chi connectivity index (χ2n) is 4.27. The molecule has 0 atom stereocenters. The summed E-state index contributed by atoms with van der Waals surface area (Å²) >= 11 is 0. The summed E-state index contributed by atoms with van der Waals surface area (Å²) in [6, 6.07) is 3.78. The van der Waals surface area contributed by atoms with Crippen LogP contribution in [0.3, 0.4) is 0 Å². The summed E-state index contributed by atoms with van der Waals surface area (Å²) in [5.41, 5.74) is 6.19. The van der Waals surface area contributed by atoms with Gasteiger partial charge in [-0.2, -0.15) is 0 Å². The highest BCUT2D eigenvalue weighted by Crippen LogP contribution is 2.18. The third kappa shape index (κ3) is 5.52. The highest BCUT2D eigenvalue weighted by Gasteiger charge is 2.12. The second-order valence-corrected chi connectivity index (χ2v) is 4.27. The summed E-state index contributed by atoms with van der Waals surface area (Å²) in [6.07, 6.45) is 0. The van der Waals surface area contributed by atoms with Crippen molar-refractivity contribution in [3.05, 3.63) is 24.0 Å². The summed E-state index contributed by atoms with van der Waals surface area (Å²) in [5.74, 6) is -0.798. The number of nitrogens with zero attached hydrogens (tertiary/aromatic N) is 1. The number of ether oxygens (including phenoxy) is 1. The van der Waals surface area contributed by atoms with E-state index in [1.807, 2.05) is 0 Å². The maximum Gasteiger partial charge on any atom is 0.238 e. The molecular weight excluding hydrogens is 265 g/mol. The lowest BCUT2D eigenvalue weighted by atomic mass is 10.2. The number of anilines is 2. The molecule has 0 aliphatic rings. The van der Waals surface area contributed by atoms with Crippen LogP contribution in [0, 0.1) is 5.82 Å². The predicted molar refractivity (Wildman–Crippen MR) is 74.8 cm³/mol. The highest BCUT2D eigenvalue weighted by atomic mass is 19.1. The fraction of sp³-hybridized carbons (Fsp3) is 0.462. The Kier molecular flexibility index (Phi) is 6.92. The number of nitrogens with one attached hydrogen (secondary N) is 1. The van der Waals surface area contributed by atoms with E-state index in [-0.39, 0.29) is 24.7 Å². The van der Waals surface area contributed by atoms with Gasteiger partial charge in [-0.15, -0.1) is 0 Å². The number of hydrogen-bond donors (Lipinski definition) is 3. The fourth-order valence-electron chi connectivity index (χ4n) is 1.66. The first-order valence-electron chi connectivity index (χ1n) is 6.24. The van der Waals surface area contributed by atoms with E-state index >= 15 is 0 Å². The van der Waals surface area contributed by atoms with Gasteiger partial charge in [0.05, 0.1) is 31.1 Å². The molecule has 1 amide bonds.